The lowest BCUT2D eigenvalue weighted by Gasteiger charge is -2.32. The number of aromatic nitrogens is 2. The summed E-state index contributed by atoms with van der Waals surface area (Å²) in [5.74, 6) is 0.566. The van der Waals surface area contributed by atoms with E-state index in [0.717, 1.165) is 31.3 Å². The first-order valence-electron chi connectivity index (χ1n) is 11.1. The van der Waals surface area contributed by atoms with E-state index in [0.29, 0.717) is 25.1 Å². The lowest BCUT2D eigenvalue weighted by Crippen LogP contribution is -2.41. The van der Waals surface area contributed by atoms with Crippen LogP contribution in [0.1, 0.15) is 47.0 Å². The molecule has 3 aliphatic rings. The van der Waals surface area contributed by atoms with Crippen LogP contribution >= 0.6 is 0 Å². The number of carbonyl (C=O) groups excluding carboxylic acids is 1. The Bertz CT molecular complexity index is 785. The predicted octanol–water partition coefficient (Wildman–Crippen LogP) is -0.0537. The second kappa shape index (κ2) is 8.31. The molecule has 0 spiro atoms. The molecular formula is C21H33BN4O5. The molecule has 1 aromatic heterocycles. The van der Waals surface area contributed by atoms with Crippen LogP contribution in [0, 0.1) is 5.92 Å². The minimum absolute atomic E-state index is 0.279. The van der Waals surface area contributed by atoms with Crippen molar-refractivity contribution in [3.05, 3.63) is 12.4 Å². The molecule has 1 aliphatic carbocycles. The molecule has 0 unspecified atom stereocenters. The molecule has 3 fully saturated rings. The van der Waals surface area contributed by atoms with Gasteiger partial charge in [0.1, 0.15) is 0 Å². The van der Waals surface area contributed by atoms with Gasteiger partial charge >= 0.3 is 7.12 Å². The minimum atomic E-state index is -1.33. The van der Waals surface area contributed by atoms with Crippen LogP contribution in [-0.2, 0) is 14.1 Å². The van der Waals surface area contributed by atoms with Crippen LogP contribution in [0.5, 0.6) is 0 Å². The molecule has 2 aliphatic heterocycles. The standard InChI is InChI=1S/C21H33BN4O5/c1-20(2)21(3,4)31-22(30-20)15-9-23-19(24-10-15)26(16-5-6-16)12-14-7-8-25(11-14)18(29)17(28)13-27/h9-10,14,16-17,27-28H,5-8,11-13H2,1-4H3/t14-,17-/m0/s1. The van der Waals surface area contributed by atoms with Crippen LogP contribution in [0.25, 0.3) is 0 Å². The average Bonchev–Trinajstić information content (AvgIpc) is 3.42. The van der Waals surface area contributed by atoms with Gasteiger partial charge in [0.15, 0.2) is 6.10 Å². The number of rotatable bonds is 7. The van der Waals surface area contributed by atoms with E-state index in [1.165, 1.54) is 0 Å². The third-order valence-corrected chi connectivity index (χ3v) is 6.94. The van der Waals surface area contributed by atoms with Crippen molar-refractivity contribution in [2.45, 2.75) is 70.3 Å². The van der Waals surface area contributed by atoms with E-state index in [-0.39, 0.29) is 5.92 Å². The summed E-state index contributed by atoms with van der Waals surface area (Å²) in [7, 11) is -0.485. The Labute approximate surface area is 183 Å². The first-order valence-corrected chi connectivity index (χ1v) is 11.1. The minimum Gasteiger partial charge on any atom is -0.399 e. The molecule has 2 N–H and O–H groups in total. The number of carbonyl (C=O) groups is 1. The lowest BCUT2D eigenvalue weighted by atomic mass is 9.81. The fourth-order valence-electron chi connectivity index (χ4n) is 4.11. The van der Waals surface area contributed by atoms with E-state index in [9.17, 15) is 9.90 Å². The number of nitrogens with zero attached hydrogens (tertiary/aromatic N) is 4. The SMILES string of the molecule is CC1(C)OB(c2cnc(N(C[C@H]3CCN(C(=O)[C@@H](O)CO)C3)C3CC3)nc2)OC1(C)C. The molecule has 0 radical (unpaired) electrons. The van der Waals surface area contributed by atoms with Crippen LogP contribution in [-0.4, -0.2) is 87.7 Å². The summed E-state index contributed by atoms with van der Waals surface area (Å²) in [5.41, 5.74) is -0.0221. The summed E-state index contributed by atoms with van der Waals surface area (Å²) in [6, 6.07) is 0.426. The van der Waals surface area contributed by atoms with E-state index >= 15 is 0 Å². The average molecular weight is 432 g/mol. The Morgan fingerprint density at radius 2 is 1.84 bits per heavy atom. The van der Waals surface area contributed by atoms with E-state index < -0.39 is 36.9 Å². The zero-order valence-electron chi connectivity index (χ0n) is 18.8. The van der Waals surface area contributed by atoms with Gasteiger partial charge in [-0.2, -0.15) is 0 Å². The molecule has 2 atom stereocenters. The fraction of sp³-hybridized carbons (Fsp3) is 0.762. The van der Waals surface area contributed by atoms with Crippen molar-refractivity contribution >= 4 is 24.4 Å². The molecule has 3 heterocycles. The van der Waals surface area contributed by atoms with Gasteiger partial charge in [-0.1, -0.05) is 0 Å². The zero-order chi connectivity index (χ0) is 22.4. The van der Waals surface area contributed by atoms with Gasteiger partial charge in [0, 0.05) is 43.5 Å². The smallest absolute Gasteiger partial charge is 0.399 e. The first kappa shape index (κ1) is 22.4. The highest BCUT2D eigenvalue weighted by atomic mass is 16.7. The van der Waals surface area contributed by atoms with Crippen LogP contribution in [0.2, 0.25) is 0 Å². The summed E-state index contributed by atoms with van der Waals surface area (Å²) in [4.78, 5) is 25.2. The lowest BCUT2D eigenvalue weighted by molar-refractivity contribution is -0.141. The van der Waals surface area contributed by atoms with Crippen LogP contribution in [0.3, 0.4) is 0 Å². The van der Waals surface area contributed by atoms with Gasteiger partial charge in [0.2, 0.25) is 5.95 Å². The fourth-order valence-corrected chi connectivity index (χ4v) is 4.11. The van der Waals surface area contributed by atoms with Gasteiger partial charge in [0.25, 0.3) is 5.91 Å². The van der Waals surface area contributed by atoms with Gasteiger partial charge in [0.05, 0.1) is 17.8 Å². The Morgan fingerprint density at radius 3 is 2.39 bits per heavy atom. The monoisotopic (exact) mass is 432 g/mol. The number of aliphatic hydroxyl groups is 2. The van der Waals surface area contributed by atoms with Gasteiger partial charge in [-0.05, 0) is 52.9 Å². The molecule has 2 saturated heterocycles. The molecule has 0 aromatic carbocycles. The van der Waals surface area contributed by atoms with Crippen molar-refractivity contribution in [3.63, 3.8) is 0 Å². The molecule has 1 saturated carbocycles. The molecule has 1 aromatic rings. The van der Waals surface area contributed by atoms with Crippen LogP contribution in [0.4, 0.5) is 5.95 Å². The molecule has 170 valence electrons. The Balaban J connectivity index is 1.40. The van der Waals surface area contributed by atoms with Gasteiger partial charge in [-0.3, -0.25) is 4.79 Å². The second-order valence-corrected chi connectivity index (χ2v) is 9.93. The van der Waals surface area contributed by atoms with Gasteiger partial charge < -0.3 is 29.3 Å². The van der Waals surface area contributed by atoms with Crippen LogP contribution < -0.4 is 10.4 Å². The van der Waals surface area contributed by atoms with E-state index in [1.54, 1.807) is 17.3 Å². The maximum absolute atomic E-state index is 12.1. The second-order valence-electron chi connectivity index (χ2n) is 9.93. The molecule has 9 nitrogen and oxygen atoms in total. The van der Waals surface area contributed by atoms with Crippen molar-refractivity contribution in [1.82, 2.24) is 14.9 Å². The Kier molecular flexibility index (Phi) is 6.02. The van der Waals surface area contributed by atoms with Crippen molar-refractivity contribution in [2.75, 3.05) is 31.1 Å². The molecule has 4 rings (SSSR count). The molecule has 31 heavy (non-hydrogen) atoms. The van der Waals surface area contributed by atoms with E-state index in [4.69, 9.17) is 14.4 Å². The Morgan fingerprint density at radius 1 is 1.23 bits per heavy atom. The summed E-state index contributed by atoms with van der Waals surface area (Å²) >= 11 is 0. The van der Waals surface area contributed by atoms with Gasteiger partial charge in [-0.15, -0.1) is 0 Å². The number of likely N-dealkylation sites (tertiary alicyclic amines) is 1. The number of aliphatic hydroxyl groups excluding tert-OH is 2. The van der Waals surface area contributed by atoms with Crippen LogP contribution in [0.15, 0.2) is 12.4 Å². The number of amides is 1. The van der Waals surface area contributed by atoms with Gasteiger partial charge in [-0.25, -0.2) is 9.97 Å². The molecule has 1 amide bonds. The largest absolute Gasteiger partial charge is 0.498 e. The summed E-state index contributed by atoms with van der Waals surface area (Å²) < 4.78 is 12.2. The quantitative estimate of drug-likeness (QED) is 0.578. The predicted molar refractivity (Wildman–Crippen MR) is 116 cm³/mol. The zero-order valence-corrected chi connectivity index (χ0v) is 18.8. The van der Waals surface area contributed by atoms with Crippen molar-refractivity contribution in [3.8, 4) is 0 Å². The maximum Gasteiger partial charge on any atom is 0.498 e. The third-order valence-electron chi connectivity index (χ3n) is 6.94. The maximum atomic E-state index is 12.1. The van der Waals surface area contributed by atoms with Crippen molar-refractivity contribution < 1.29 is 24.3 Å². The Hall–Kier alpha value is -1.75. The normalized spacial score (nSPS) is 25.7. The van der Waals surface area contributed by atoms with E-state index in [2.05, 4.69) is 14.9 Å². The van der Waals surface area contributed by atoms with Crippen molar-refractivity contribution in [2.24, 2.45) is 5.92 Å². The number of hydrogen-bond acceptors (Lipinski definition) is 8. The number of hydrogen-bond donors (Lipinski definition) is 2. The highest BCUT2D eigenvalue weighted by molar-refractivity contribution is 6.61. The molecule has 0 bridgehead atoms. The molecular weight excluding hydrogens is 399 g/mol. The summed E-state index contributed by atoms with van der Waals surface area (Å²) in [6.07, 6.45) is 5.31. The first-order chi connectivity index (χ1) is 14.6. The topological polar surface area (TPSA) is 108 Å². The third kappa shape index (κ3) is 4.57. The number of anilines is 1. The van der Waals surface area contributed by atoms with E-state index in [1.807, 2.05) is 27.7 Å². The summed E-state index contributed by atoms with van der Waals surface area (Å²) in [5, 5.41) is 18.6. The highest BCUT2D eigenvalue weighted by Gasteiger charge is 2.52. The molecule has 10 heteroatoms. The summed E-state index contributed by atoms with van der Waals surface area (Å²) in [6.45, 7) is 9.47. The highest BCUT2D eigenvalue weighted by Crippen LogP contribution is 2.36. The van der Waals surface area contributed by atoms with Crippen molar-refractivity contribution in [1.29, 1.82) is 0 Å².